The summed E-state index contributed by atoms with van der Waals surface area (Å²) in [5.41, 5.74) is 10.4. The number of hydrogen-bond acceptors (Lipinski definition) is 4. The molecule has 0 saturated heterocycles. The van der Waals surface area contributed by atoms with E-state index in [1.165, 1.54) is 0 Å². The van der Waals surface area contributed by atoms with Crippen molar-refractivity contribution in [3.8, 4) is 0 Å². The second-order valence-electron chi connectivity index (χ2n) is 6.70. The molecule has 0 aliphatic carbocycles. The van der Waals surface area contributed by atoms with Gasteiger partial charge in [0.2, 0.25) is 11.8 Å². The molecule has 2 aromatic rings. The highest BCUT2D eigenvalue weighted by atomic mass is 16.6. The molecule has 0 fully saturated rings. The number of nitrogens with one attached hydrogen (secondary N) is 2. The van der Waals surface area contributed by atoms with E-state index in [0.29, 0.717) is 26.0 Å². The summed E-state index contributed by atoms with van der Waals surface area (Å²) in [6.07, 6.45) is 3.32. The Bertz CT molecular complexity index is 707. The van der Waals surface area contributed by atoms with Gasteiger partial charge in [0.05, 0.1) is 12.6 Å². The van der Waals surface area contributed by atoms with Crippen LogP contribution in [0, 0.1) is 0 Å². The van der Waals surface area contributed by atoms with Gasteiger partial charge in [-0.05, 0) is 30.4 Å². The quantitative estimate of drug-likeness (QED) is 0.388. The number of hydroxylamine groups is 1. The number of benzene rings is 2. The van der Waals surface area contributed by atoms with Gasteiger partial charge in [0, 0.05) is 13.0 Å². The molecule has 6 nitrogen and oxygen atoms in total. The summed E-state index contributed by atoms with van der Waals surface area (Å²) in [7, 11) is 0. The van der Waals surface area contributed by atoms with Gasteiger partial charge in [0.1, 0.15) is 0 Å². The lowest BCUT2D eigenvalue weighted by Gasteiger charge is -2.12. The highest BCUT2D eigenvalue weighted by molar-refractivity contribution is 5.81. The summed E-state index contributed by atoms with van der Waals surface area (Å²) in [5, 5.41) is 2.85. The average molecular weight is 383 g/mol. The maximum absolute atomic E-state index is 12.0. The molecule has 0 aliphatic heterocycles. The van der Waals surface area contributed by atoms with Gasteiger partial charge in [-0.2, -0.15) is 0 Å². The third-order valence-corrected chi connectivity index (χ3v) is 4.28. The summed E-state index contributed by atoms with van der Waals surface area (Å²) in [6.45, 7) is 0.912. The van der Waals surface area contributed by atoms with Gasteiger partial charge in [-0.15, -0.1) is 0 Å². The number of nitrogens with two attached hydrogens (primary N) is 1. The van der Waals surface area contributed by atoms with E-state index in [1.807, 2.05) is 60.7 Å². The standard InChI is InChI=1S/C22H29N3O3/c23-20(16-18-10-4-1-5-11-18)22(27)24-15-9-3-8-14-21(26)25-28-17-19-12-6-2-7-13-19/h1-2,4-7,10-13,20H,3,8-9,14-17,23H2,(H,24,27)(H,25,26)/t20-/m0/s1. The topological polar surface area (TPSA) is 93.5 Å². The third kappa shape index (κ3) is 8.79. The molecule has 150 valence electrons. The van der Waals surface area contributed by atoms with E-state index in [1.54, 1.807) is 0 Å². The van der Waals surface area contributed by atoms with Crippen molar-refractivity contribution in [1.82, 2.24) is 10.8 Å². The molecule has 0 heterocycles. The van der Waals surface area contributed by atoms with Crippen molar-refractivity contribution in [3.05, 3.63) is 71.8 Å². The Labute approximate surface area is 166 Å². The first-order chi connectivity index (χ1) is 13.6. The van der Waals surface area contributed by atoms with Gasteiger partial charge in [-0.25, -0.2) is 5.48 Å². The highest BCUT2D eigenvalue weighted by Crippen LogP contribution is 2.03. The molecule has 0 aromatic heterocycles. The lowest BCUT2D eigenvalue weighted by molar-refractivity contribution is -0.134. The Morgan fingerprint density at radius 1 is 0.893 bits per heavy atom. The lowest BCUT2D eigenvalue weighted by Crippen LogP contribution is -2.42. The Morgan fingerprint density at radius 3 is 2.21 bits per heavy atom. The fourth-order valence-electron chi connectivity index (χ4n) is 2.72. The summed E-state index contributed by atoms with van der Waals surface area (Å²) in [4.78, 5) is 28.9. The largest absolute Gasteiger partial charge is 0.355 e. The fourth-order valence-corrected chi connectivity index (χ4v) is 2.72. The van der Waals surface area contributed by atoms with Gasteiger partial charge in [0.25, 0.3) is 0 Å². The van der Waals surface area contributed by atoms with Crippen LogP contribution in [0.3, 0.4) is 0 Å². The van der Waals surface area contributed by atoms with Gasteiger partial charge in [-0.1, -0.05) is 67.1 Å². The fraction of sp³-hybridized carbons (Fsp3) is 0.364. The molecule has 0 spiro atoms. The summed E-state index contributed by atoms with van der Waals surface area (Å²) in [6, 6.07) is 18.8. The molecule has 1 atom stereocenters. The number of amides is 2. The lowest BCUT2D eigenvalue weighted by atomic mass is 10.1. The van der Waals surface area contributed by atoms with Crippen molar-refractivity contribution in [1.29, 1.82) is 0 Å². The normalized spacial score (nSPS) is 11.6. The van der Waals surface area contributed by atoms with Crippen LogP contribution in [0.5, 0.6) is 0 Å². The average Bonchev–Trinajstić information content (AvgIpc) is 2.72. The van der Waals surface area contributed by atoms with Gasteiger partial charge >= 0.3 is 0 Å². The minimum Gasteiger partial charge on any atom is -0.355 e. The van der Waals surface area contributed by atoms with E-state index in [4.69, 9.17) is 10.6 Å². The van der Waals surface area contributed by atoms with E-state index in [0.717, 1.165) is 30.4 Å². The molecule has 6 heteroatoms. The molecule has 2 amide bonds. The molecule has 4 N–H and O–H groups in total. The molecule has 0 aliphatic rings. The first-order valence-corrected chi connectivity index (χ1v) is 9.67. The highest BCUT2D eigenvalue weighted by Gasteiger charge is 2.13. The van der Waals surface area contributed by atoms with Crippen molar-refractivity contribution in [3.63, 3.8) is 0 Å². The number of hydrogen-bond donors (Lipinski definition) is 3. The second kappa shape index (κ2) is 12.6. The summed E-state index contributed by atoms with van der Waals surface area (Å²) >= 11 is 0. The molecule has 0 unspecified atom stereocenters. The van der Waals surface area contributed by atoms with Crippen LogP contribution < -0.4 is 16.5 Å². The van der Waals surface area contributed by atoms with Crippen LogP contribution in [0.25, 0.3) is 0 Å². The van der Waals surface area contributed by atoms with Crippen molar-refractivity contribution < 1.29 is 14.4 Å². The van der Waals surface area contributed by atoms with E-state index >= 15 is 0 Å². The maximum atomic E-state index is 12.0. The number of carbonyl (C=O) groups is 2. The van der Waals surface area contributed by atoms with Crippen LogP contribution in [0.15, 0.2) is 60.7 Å². The van der Waals surface area contributed by atoms with Crippen LogP contribution in [-0.2, 0) is 27.5 Å². The van der Waals surface area contributed by atoms with Crippen molar-refractivity contribution in [2.24, 2.45) is 5.73 Å². The Morgan fingerprint density at radius 2 is 1.54 bits per heavy atom. The van der Waals surface area contributed by atoms with Crippen LogP contribution in [0.1, 0.15) is 36.8 Å². The molecule has 2 rings (SSSR count). The molecule has 2 aromatic carbocycles. The van der Waals surface area contributed by atoms with Crippen LogP contribution >= 0.6 is 0 Å². The van der Waals surface area contributed by atoms with E-state index in [2.05, 4.69) is 10.8 Å². The Balaban J connectivity index is 1.47. The minimum atomic E-state index is -0.546. The van der Waals surface area contributed by atoms with Crippen molar-refractivity contribution in [2.45, 2.75) is 44.8 Å². The molecule has 0 radical (unpaired) electrons. The van der Waals surface area contributed by atoms with Gasteiger partial charge in [-0.3, -0.25) is 14.4 Å². The van der Waals surface area contributed by atoms with E-state index in [9.17, 15) is 9.59 Å². The smallest absolute Gasteiger partial charge is 0.243 e. The zero-order valence-corrected chi connectivity index (χ0v) is 16.1. The van der Waals surface area contributed by atoms with E-state index < -0.39 is 6.04 Å². The Hall–Kier alpha value is -2.70. The van der Waals surface area contributed by atoms with Crippen LogP contribution in [-0.4, -0.2) is 24.4 Å². The monoisotopic (exact) mass is 383 g/mol. The molecular weight excluding hydrogens is 354 g/mol. The van der Waals surface area contributed by atoms with E-state index in [-0.39, 0.29) is 11.8 Å². The Kier molecular flexibility index (Phi) is 9.75. The van der Waals surface area contributed by atoms with Gasteiger partial charge in [0.15, 0.2) is 0 Å². The number of rotatable bonds is 12. The zero-order chi connectivity index (χ0) is 20.0. The summed E-state index contributed by atoms with van der Waals surface area (Å²) < 4.78 is 0. The first-order valence-electron chi connectivity index (χ1n) is 9.67. The first kappa shape index (κ1) is 21.6. The van der Waals surface area contributed by atoms with Crippen LogP contribution in [0.4, 0.5) is 0 Å². The molecule has 0 bridgehead atoms. The van der Waals surface area contributed by atoms with Crippen LogP contribution in [0.2, 0.25) is 0 Å². The summed E-state index contributed by atoms with van der Waals surface area (Å²) in [5.74, 6) is -0.277. The predicted molar refractivity (Wildman–Crippen MR) is 109 cm³/mol. The van der Waals surface area contributed by atoms with Crippen molar-refractivity contribution in [2.75, 3.05) is 6.54 Å². The molecule has 0 saturated carbocycles. The third-order valence-electron chi connectivity index (χ3n) is 4.28. The minimum absolute atomic E-state index is 0.134. The zero-order valence-electron chi connectivity index (χ0n) is 16.1. The SMILES string of the molecule is N[C@@H](Cc1ccccc1)C(=O)NCCCCCC(=O)NOCc1ccccc1. The van der Waals surface area contributed by atoms with Crippen molar-refractivity contribution >= 4 is 11.8 Å². The predicted octanol–water partition coefficient (Wildman–Crippen LogP) is 2.48. The molecule has 28 heavy (non-hydrogen) atoms. The maximum Gasteiger partial charge on any atom is 0.243 e. The second-order valence-corrected chi connectivity index (χ2v) is 6.70. The molecular formula is C22H29N3O3. The van der Waals surface area contributed by atoms with Gasteiger partial charge < -0.3 is 11.1 Å². The number of unbranched alkanes of at least 4 members (excludes halogenated alkanes) is 2. The number of carbonyl (C=O) groups excluding carboxylic acids is 2.